The molecule has 0 aliphatic heterocycles. The largest absolute Gasteiger partial charge is 0.459 e. The fraction of sp³-hybridized carbons (Fsp3) is 0.316. The molecule has 3 aromatic rings. The van der Waals surface area contributed by atoms with Crippen LogP contribution in [-0.2, 0) is 18.8 Å². The van der Waals surface area contributed by atoms with Gasteiger partial charge in [-0.2, -0.15) is 0 Å². The molecule has 0 aliphatic rings. The minimum Gasteiger partial charge on any atom is -0.459 e. The van der Waals surface area contributed by atoms with Crippen LogP contribution in [0.15, 0.2) is 52.2 Å². The number of amides is 1. The fourth-order valence-corrected chi connectivity index (χ4v) is 3.47. The number of benzene rings is 1. The number of nitrogens with zero attached hydrogens (tertiary/aromatic N) is 3. The summed E-state index contributed by atoms with van der Waals surface area (Å²) >= 11 is 1.43. The topological polar surface area (TPSA) is 73.0 Å². The lowest BCUT2D eigenvalue weighted by Crippen LogP contribution is -2.25. The average molecular weight is 388 g/mol. The van der Waals surface area contributed by atoms with Crippen molar-refractivity contribution in [3.8, 4) is 0 Å². The summed E-state index contributed by atoms with van der Waals surface area (Å²) in [5, 5.41) is 11.9. The van der Waals surface area contributed by atoms with E-state index in [0.717, 1.165) is 0 Å². The molecule has 2 heterocycles. The maximum atomic E-state index is 13.8. The van der Waals surface area contributed by atoms with E-state index in [1.807, 2.05) is 10.6 Å². The lowest BCUT2D eigenvalue weighted by atomic mass is 10.2. The van der Waals surface area contributed by atoms with Gasteiger partial charge in [0, 0.05) is 12.3 Å². The van der Waals surface area contributed by atoms with Gasteiger partial charge in [0.2, 0.25) is 0 Å². The highest BCUT2D eigenvalue weighted by molar-refractivity contribution is 7.98. The zero-order valence-corrected chi connectivity index (χ0v) is 16.0. The van der Waals surface area contributed by atoms with Gasteiger partial charge in [-0.25, -0.2) is 4.39 Å². The van der Waals surface area contributed by atoms with Gasteiger partial charge in [-0.05, 0) is 29.7 Å². The van der Waals surface area contributed by atoms with Crippen LogP contribution >= 0.6 is 11.8 Å². The second-order valence-electron chi connectivity index (χ2n) is 6.44. The van der Waals surface area contributed by atoms with Gasteiger partial charge in [0.05, 0.1) is 12.8 Å². The Kier molecular flexibility index (Phi) is 6.28. The van der Waals surface area contributed by atoms with Crippen molar-refractivity contribution in [2.75, 3.05) is 0 Å². The fourth-order valence-electron chi connectivity index (χ4n) is 2.52. The van der Waals surface area contributed by atoms with Crippen LogP contribution in [0.5, 0.6) is 0 Å². The van der Waals surface area contributed by atoms with E-state index < -0.39 is 0 Å². The summed E-state index contributed by atoms with van der Waals surface area (Å²) in [6, 6.07) is 9.95. The van der Waals surface area contributed by atoms with Gasteiger partial charge < -0.3 is 14.3 Å². The van der Waals surface area contributed by atoms with E-state index in [2.05, 4.69) is 29.4 Å². The first-order valence-electron chi connectivity index (χ1n) is 8.64. The number of aromatic nitrogens is 3. The maximum Gasteiger partial charge on any atom is 0.287 e. The Hall–Kier alpha value is -2.61. The van der Waals surface area contributed by atoms with Crippen LogP contribution in [0.3, 0.4) is 0 Å². The molecule has 0 fully saturated rings. The molecule has 0 bridgehead atoms. The molecule has 0 atom stereocenters. The number of furan rings is 1. The number of thioether (sulfide) groups is 1. The molecule has 0 radical (unpaired) electrons. The highest BCUT2D eigenvalue weighted by Gasteiger charge is 2.16. The monoisotopic (exact) mass is 388 g/mol. The van der Waals surface area contributed by atoms with Gasteiger partial charge in [-0.1, -0.05) is 43.8 Å². The van der Waals surface area contributed by atoms with Gasteiger partial charge in [-0.3, -0.25) is 4.79 Å². The Morgan fingerprint density at radius 1 is 1.26 bits per heavy atom. The molecule has 27 heavy (non-hydrogen) atoms. The van der Waals surface area contributed by atoms with Gasteiger partial charge >= 0.3 is 0 Å². The van der Waals surface area contributed by atoms with Gasteiger partial charge in [0.15, 0.2) is 16.7 Å². The van der Waals surface area contributed by atoms with Gasteiger partial charge in [-0.15, -0.1) is 10.2 Å². The molecule has 2 aromatic heterocycles. The van der Waals surface area contributed by atoms with Crippen LogP contribution in [0.1, 0.15) is 35.8 Å². The highest BCUT2D eigenvalue weighted by atomic mass is 32.2. The van der Waals surface area contributed by atoms with Crippen LogP contribution < -0.4 is 5.32 Å². The van der Waals surface area contributed by atoms with E-state index in [4.69, 9.17) is 4.42 Å². The van der Waals surface area contributed by atoms with Crippen LogP contribution in [0.25, 0.3) is 0 Å². The lowest BCUT2D eigenvalue weighted by Gasteiger charge is -2.13. The van der Waals surface area contributed by atoms with Crippen molar-refractivity contribution in [1.29, 1.82) is 0 Å². The van der Waals surface area contributed by atoms with Crippen molar-refractivity contribution in [2.45, 2.75) is 37.8 Å². The third-order valence-corrected chi connectivity index (χ3v) is 4.82. The normalized spacial score (nSPS) is 11.1. The Labute approximate surface area is 161 Å². The summed E-state index contributed by atoms with van der Waals surface area (Å²) in [7, 11) is 0. The van der Waals surface area contributed by atoms with E-state index in [-0.39, 0.29) is 24.0 Å². The molecular formula is C19H21FN4O2S. The minimum atomic E-state index is -0.306. The first-order chi connectivity index (χ1) is 13.0. The lowest BCUT2D eigenvalue weighted by molar-refractivity contribution is 0.0921. The van der Waals surface area contributed by atoms with E-state index in [9.17, 15) is 9.18 Å². The quantitative estimate of drug-likeness (QED) is 0.593. The zero-order chi connectivity index (χ0) is 19.2. The molecule has 1 N–H and O–H groups in total. The third-order valence-electron chi connectivity index (χ3n) is 3.81. The summed E-state index contributed by atoms with van der Waals surface area (Å²) < 4.78 is 20.9. The summed E-state index contributed by atoms with van der Waals surface area (Å²) in [5.74, 6) is 1.19. The highest BCUT2D eigenvalue weighted by Crippen LogP contribution is 2.24. The van der Waals surface area contributed by atoms with Crippen molar-refractivity contribution in [3.05, 3.63) is 65.6 Å². The smallest absolute Gasteiger partial charge is 0.287 e. The molecule has 8 heteroatoms. The molecule has 1 aromatic carbocycles. The molecule has 142 valence electrons. The van der Waals surface area contributed by atoms with Gasteiger partial charge in [0.1, 0.15) is 5.82 Å². The van der Waals surface area contributed by atoms with Crippen molar-refractivity contribution in [2.24, 2.45) is 5.92 Å². The number of carbonyl (C=O) groups excluding carboxylic acids is 1. The second kappa shape index (κ2) is 8.85. The second-order valence-corrected chi connectivity index (χ2v) is 7.39. The average Bonchev–Trinajstić information content (AvgIpc) is 3.29. The molecule has 0 spiro atoms. The predicted octanol–water partition coefficient (Wildman–Crippen LogP) is 3.89. The molecular weight excluding hydrogens is 367 g/mol. The summed E-state index contributed by atoms with van der Waals surface area (Å²) in [4.78, 5) is 12.1. The molecule has 0 unspecified atom stereocenters. The van der Waals surface area contributed by atoms with Crippen LogP contribution in [-0.4, -0.2) is 20.7 Å². The summed E-state index contributed by atoms with van der Waals surface area (Å²) in [6.45, 7) is 5.13. The van der Waals surface area contributed by atoms with Crippen molar-refractivity contribution in [3.63, 3.8) is 0 Å². The maximum absolute atomic E-state index is 13.8. The van der Waals surface area contributed by atoms with Crippen molar-refractivity contribution < 1.29 is 13.6 Å². The molecule has 0 saturated carbocycles. The summed E-state index contributed by atoms with van der Waals surface area (Å²) in [6.07, 6.45) is 1.45. The number of hydrogen-bond donors (Lipinski definition) is 1. The Morgan fingerprint density at radius 3 is 2.78 bits per heavy atom. The number of hydrogen-bond acceptors (Lipinski definition) is 5. The molecule has 0 saturated heterocycles. The third kappa shape index (κ3) is 4.97. The summed E-state index contributed by atoms with van der Waals surface area (Å²) in [5.41, 5.74) is 0.620. The van der Waals surface area contributed by atoms with Crippen molar-refractivity contribution in [1.82, 2.24) is 20.1 Å². The number of halogens is 1. The van der Waals surface area contributed by atoms with Crippen LogP contribution in [0, 0.1) is 11.7 Å². The molecule has 0 aliphatic carbocycles. The van der Waals surface area contributed by atoms with Gasteiger partial charge in [0.25, 0.3) is 5.91 Å². The van der Waals surface area contributed by atoms with Crippen molar-refractivity contribution >= 4 is 17.7 Å². The standard InChI is InChI=1S/C19H21FN4O2S/c1-13(2)11-24-17(10-21-18(25)16-8-5-9-26-16)22-23-19(24)27-12-14-6-3-4-7-15(14)20/h3-9,13H,10-12H2,1-2H3,(H,21,25). The number of nitrogens with one attached hydrogen (secondary N) is 1. The molecule has 1 amide bonds. The van der Waals surface area contributed by atoms with Crippen LogP contribution in [0.2, 0.25) is 0 Å². The van der Waals surface area contributed by atoms with E-state index in [1.165, 1.54) is 24.1 Å². The van der Waals surface area contributed by atoms with E-state index in [1.54, 1.807) is 24.3 Å². The van der Waals surface area contributed by atoms with E-state index in [0.29, 0.717) is 34.8 Å². The SMILES string of the molecule is CC(C)Cn1c(CNC(=O)c2ccco2)nnc1SCc1ccccc1F. The number of carbonyl (C=O) groups is 1. The van der Waals surface area contributed by atoms with Crippen LogP contribution in [0.4, 0.5) is 4.39 Å². The zero-order valence-electron chi connectivity index (χ0n) is 15.2. The minimum absolute atomic E-state index is 0.231. The van der Waals surface area contributed by atoms with E-state index >= 15 is 0 Å². The molecule has 3 rings (SSSR count). The Bertz CT molecular complexity index is 893. The first-order valence-corrected chi connectivity index (χ1v) is 9.63. The Balaban J connectivity index is 1.71. The number of rotatable bonds is 8. The molecule has 6 nitrogen and oxygen atoms in total. The first kappa shape index (κ1) is 19.2. The predicted molar refractivity (Wildman–Crippen MR) is 101 cm³/mol. The Morgan fingerprint density at radius 2 is 2.07 bits per heavy atom.